The van der Waals surface area contributed by atoms with E-state index in [1.807, 2.05) is 30.3 Å². The van der Waals surface area contributed by atoms with Crippen LogP contribution in [-0.4, -0.2) is 56.3 Å². The van der Waals surface area contributed by atoms with E-state index in [2.05, 4.69) is 49.7 Å². The lowest BCUT2D eigenvalue weighted by Gasteiger charge is -2.17. The van der Waals surface area contributed by atoms with Crippen LogP contribution in [0, 0.1) is 0 Å². The molecule has 0 radical (unpaired) electrons. The van der Waals surface area contributed by atoms with Crippen molar-refractivity contribution >= 4 is 16.7 Å². The molecule has 0 aliphatic carbocycles. The Morgan fingerprint density at radius 2 is 2.06 bits per heavy atom. The summed E-state index contributed by atoms with van der Waals surface area (Å²) in [6.07, 6.45) is 3.39. The normalized spacial score (nSPS) is 17.1. The van der Waals surface area contributed by atoms with E-state index in [0.29, 0.717) is 5.88 Å². The zero-order valence-corrected chi connectivity index (χ0v) is 18.9. The molecule has 5 rings (SSSR count). The first-order valence-corrected chi connectivity index (χ1v) is 11.4. The fourth-order valence-corrected chi connectivity index (χ4v) is 4.25. The molecule has 0 bridgehead atoms. The van der Waals surface area contributed by atoms with Crippen LogP contribution in [0.2, 0.25) is 0 Å². The number of hydrogen-bond donors (Lipinski definition) is 3. The number of likely N-dealkylation sites (tertiary alicyclic amines) is 1. The molecule has 34 heavy (non-hydrogen) atoms. The minimum absolute atomic E-state index is 0.0874. The number of aromatic nitrogens is 3. The topological polar surface area (TPSA) is 103 Å². The highest BCUT2D eigenvalue weighted by Crippen LogP contribution is 2.27. The molecule has 0 spiro atoms. The Bertz CT molecular complexity index is 1270. The number of carbonyl (C=O) groups excluding carboxylic acids is 1. The monoisotopic (exact) mass is 457 g/mol. The van der Waals surface area contributed by atoms with Crippen LogP contribution < -0.4 is 10.1 Å². The number of ether oxygens (including phenoxy) is 1. The van der Waals surface area contributed by atoms with Crippen molar-refractivity contribution in [3.63, 3.8) is 0 Å². The van der Waals surface area contributed by atoms with Gasteiger partial charge in [0.05, 0.1) is 5.69 Å². The van der Waals surface area contributed by atoms with Crippen LogP contribution in [0.4, 0.5) is 0 Å². The van der Waals surface area contributed by atoms with Crippen LogP contribution in [0.3, 0.4) is 0 Å². The first-order valence-electron chi connectivity index (χ1n) is 11.4. The molecule has 8 heteroatoms. The van der Waals surface area contributed by atoms with E-state index in [0.717, 1.165) is 53.8 Å². The highest BCUT2D eigenvalue weighted by Gasteiger charge is 2.25. The van der Waals surface area contributed by atoms with E-state index in [9.17, 15) is 9.90 Å². The number of amides is 1. The second-order valence-corrected chi connectivity index (χ2v) is 8.71. The highest BCUT2D eigenvalue weighted by atomic mass is 16.5. The summed E-state index contributed by atoms with van der Waals surface area (Å²) in [4.78, 5) is 18.4. The molecule has 1 saturated heterocycles. The third-order valence-electron chi connectivity index (χ3n) is 6.05. The molecule has 2 unspecified atom stereocenters. The van der Waals surface area contributed by atoms with Gasteiger partial charge in [-0.15, -0.1) is 0 Å². The minimum Gasteiger partial charge on any atom is -0.439 e. The number of pyridine rings is 1. The standard InChI is InChI=1S/C26H27N5O3/c1-17(32)26(33)29-22-9-11-31(16-22)15-18-2-3-20-13-23(6-4-19(20)12-18)34-25-7-5-21(14-27-25)24-8-10-28-30-24/h2-8,10,12-14,17,22,32H,9,11,15-16H2,1H3,(H,28,30)(H,29,33). The van der Waals surface area contributed by atoms with E-state index in [1.165, 1.54) is 12.5 Å². The molecule has 4 aromatic rings. The molecule has 2 aromatic heterocycles. The zero-order valence-electron chi connectivity index (χ0n) is 18.9. The van der Waals surface area contributed by atoms with Gasteiger partial charge >= 0.3 is 0 Å². The Kier molecular flexibility index (Phi) is 6.24. The van der Waals surface area contributed by atoms with Crippen molar-refractivity contribution in [2.45, 2.75) is 32.0 Å². The quantitative estimate of drug-likeness (QED) is 0.393. The number of carbonyl (C=O) groups is 1. The SMILES string of the molecule is CC(O)C(=O)NC1CCN(Cc2ccc3cc(Oc4ccc(-c5ccn[nH]5)cn4)ccc3c2)C1. The number of aliphatic hydroxyl groups excluding tert-OH is 1. The predicted molar refractivity (Wildman–Crippen MR) is 129 cm³/mol. The number of rotatable bonds is 7. The Morgan fingerprint density at radius 3 is 2.82 bits per heavy atom. The summed E-state index contributed by atoms with van der Waals surface area (Å²) >= 11 is 0. The second-order valence-electron chi connectivity index (χ2n) is 8.71. The number of aromatic amines is 1. The van der Waals surface area contributed by atoms with Gasteiger partial charge in [0, 0.05) is 49.7 Å². The van der Waals surface area contributed by atoms with Gasteiger partial charge in [0.2, 0.25) is 11.8 Å². The zero-order chi connectivity index (χ0) is 23.5. The molecule has 2 atom stereocenters. The number of H-pyrrole nitrogens is 1. The summed E-state index contributed by atoms with van der Waals surface area (Å²) in [5.74, 6) is 0.961. The van der Waals surface area contributed by atoms with Crippen molar-refractivity contribution < 1.29 is 14.6 Å². The summed E-state index contributed by atoms with van der Waals surface area (Å²) in [7, 11) is 0. The molecular formula is C26H27N5O3. The molecule has 1 amide bonds. The number of hydrogen-bond acceptors (Lipinski definition) is 6. The van der Waals surface area contributed by atoms with Crippen LogP contribution in [-0.2, 0) is 11.3 Å². The fourth-order valence-electron chi connectivity index (χ4n) is 4.25. The highest BCUT2D eigenvalue weighted by molar-refractivity contribution is 5.84. The number of aliphatic hydroxyl groups is 1. The van der Waals surface area contributed by atoms with Crippen molar-refractivity contribution in [3.8, 4) is 22.9 Å². The van der Waals surface area contributed by atoms with Crippen LogP contribution in [0.1, 0.15) is 18.9 Å². The molecule has 1 aliphatic rings. The van der Waals surface area contributed by atoms with Gasteiger partial charge in [-0.1, -0.05) is 18.2 Å². The number of nitrogens with one attached hydrogen (secondary N) is 2. The van der Waals surface area contributed by atoms with Crippen LogP contribution in [0.25, 0.3) is 22.0 Å². The third-order valence-corrected chi connectivity index (χ3v) is 6.05. The van der Waals surface area contributed by atoms with E-state index >= 15 is 0 Å². The first-order chi connectivity index (χ1) is 16.5. The van der Waals surface area contributed by atoms with Crippen LogP contribution >= 0.6 is 0 Å². The van der Waals surface area contributed by atoms with Crippen LogP contribution in [0.5, 0.6) is 11.6 Å². The number of fused-ring (bicyclic) bond motifs is 1. The van der Waals surface area contributed by atoms with Crippen molar-refractivity contribution in [1.29, 1.82) is 0 Å². The smallest absolute Gasteiger partial charge is 0.248 e. The largest absolute Gasteiger partial charge is 0.439 e. The predicted octanol–water partition coefficient (Wildman–Crippen LogP) is 3.49. The molecular weight excluding hydrogens is 430 g/mol. The summed E-state index contributed by atoms with van der Waals surface area (Å²) < 4.78 is 5.96. The van der Waals surface area contributed by atoms with Gasteiger partial charge in [-0.05, 0) is 60.0 Å². The van der Waals surface area contributed by atoms with Crippen molar-refractivity contribution in [3.05, 3.63) is 72.6 Å². The maximum Gasteiger partial charge on any atom is 0.248 e. The van der Waals surface area contributed by atoms with Gasteiger partial charge in [0.25, 0.3) is 0 Å². The third kappa shape index (κ3) is 5.08. The Balaban J connectivity index is 1.21. The Labute approximate surface area is 197 Å². The van der Waals surface area contributed by atoms with Gasteiger partial charge in [-0.25, -0.2) is 4.98 Å². The maximum atomic E-state index is 11.7. The first kappa shape index (κ1) is 22.1. The maximum absolute atomic E-state index is 11.7. The lowest BCUT2D eigenvalue weighted by molar-refractivity contribution is -0.129. The van der Waals surface area contributed by atoms with Crippen molar-refractivity contribution in [2.75, 3.05) is 13.1 Å². The summed E-state index contributed by atoms with van der Waals surface area (Å²) in [5.41, 5.74) is 3.08. The van der Waals surface area contributed by atoms with Gasteiger partial charge in [0.1, 0.15) is 11.9 Å². The van der Waals surface area contributed by atoms with Crippen molar-refractivity contribution in [2.24, 2.45) is 0 Å². The molecule has 174 valence electrons. The summed E-state index contributed by atoms with van der Waals surface area (Å²) in [5, 5.41) is 21.4. The fraction of sp³-hybridized carbons (Fsp3) is 0.269. The van der Waals surface area contributed by atoms with E-state index in [1.54, 1.807) is 12.4 Å². The average molecular weight is 458 g/mol. The van der Waals surface area contributed by atoms with Gasteiger partial charge in [-0.3, -0.25) is 14.8 Å². The van der Waals surface area contributed by atoms with E-state index in [-0.39, 0.29) is 11.9 Å². The minimum atomic E-state index is -0.972. The average Bonchev–Trinajstić information content (AvgIpc) is 3.52. The molecule has 3 N–H and O–H groups in total. The van der Waals surface area contributed by atoms with E-state index < -0.39 is 6.10 Å². The number of nitrogens with zero attached hydrogens (tertiary/aromatic N) is 3. The Hall–Kier alpha value is -3.75. The second kappa shape index (κ2) is 9.62. The van der Waals surface area contributed by atoms with Gasteiger partial charge < -0.3 is 15.2 Å². The van der Waals surface area contributed by atoms with Crippen molar-refractivity contribution in [1.82, 2.24) is 25.4 Å². The van der Waals surface area contributed by atoms with Gasteiger partial charge in [-0.2, -0.15) is 5.10 Å². The molecule has 1 aliphatic heterocycles. The molecule has 8 nitrogen and oxygen atoms in total. The lowest BCUT2D eigenvalue weighted by Crippen LogP contribution is -2.41. The molecule has 1 fully saturated rings. The summed E-state index contributed by atoms with van der Waals surface area (Å²) in [6.45, 7) is 4.02. The Morgan fingerprint density at radius 1 is 1.21 bits per heavy atom. The number of benzene rings is 2. The lowest BCUT2D eigenvalue weighted by atomic mass is 10.1. The van der Waals surface area contributed by atoms with E-state index in [4.69, 9.17) is 4.74 Å². The molecule has 3 heterocycles. The summed E-state index contributed by atoms with van der Waals surface area (Å²) in [6, 6.07) is 18.2. The van der Waals surface area contributed by atoms with Gasteiger partial charge in [0.15, 0.2) is 0 Å². The molecule has 0 saturated carbocycles. The molecule has 2 aromatic carbocycles. The van der Waals surface area contributed by atoms with Crippen LogP contribution in [0.15, 0.2) is 67.0 Å².